The van der Waals surface area contributed by atoms with Gasteiger partial charge < -0.3 is 0 Å². The summed E-state index contributed by atoms with van der Waals surface area (Å²) < 4.78 is 0. The molecular formula is C22H14Cl2N2. The summed E-state index contributed by atoms with van der Waals surface area (Å²) >= 11 is 12.1. The minimum absolute atomic E-state index is 0.138. The molecule has 0 aliphatic heterocycles. The predicted octanol–water partition coefficient (Wildman–Crippen LogP) is 6.78. The first-order valence-electron chi connectivity index (χ1n) is 8.15. The second kappa shape index (κ2) is 7.28. The van der Waals surface area contributed by atoms with Gasteiger partial charge in [0.25, 0.3) is 0 Å². The molecule has 126 valence electrons. The van der Waals surface area contributed by atoms with Crippen LogP contribution in [0.2, 0.25) is 10.4 Å². The van der Waals surface area contributed by atoms with Crippen LogP contribution < -0.4 is 0 Å². The van der Waals surface area contributed by atoms with Gasteiger partial charge in [0.1, 0.15) is 5.15 Å². The van der Waals surface area contributed by atoms with E-state index in [1.54, 1.807) is 6.07 Å². The minimum Gasteiger partial charge on any atom is -0.218 e. The number of hydrogen-bond acceptors (Lipinski definition) is 2. The van der Waals surface area contributed by atoms with Crippen molar-refractivity contribution in [2.75, 3.05) is 0 Å². The minimum atomic E-state index is 0.138. The standard InChI is InChI=1S/C22H14Cl2N2/c23-21-14-20(25-22(24)26-21)19-12-17(15-7-3-1-4-8-15)11-18(13-19)16-9-5-2-6-10-16/h1-14H. The van der Waals surface area contributed by atoms with Gasteiger partial charge in [-0.2, -0.15) is 0 Å². The van der Waals surface area contributed by atoms with Crippen LogP contribution in [0.3, 0.4) is 0 Å². The molecule has 0 amide bonds. The highest BCUT2D eigenvalue weighted by Crippen LogP contribution is 2.33. The lowest BCUT2D eigenvalue weighted by Gasteiger charge is -2.11. The topological polar surface area (TPSA) is 25.8 Å². The molecule has 26 heavy (non-hydrogen) atoms. The first-order chi connectivity index (χ1) is 12.7. The SMILES string of the molecule is Clc1cc(-c2cc(-c3ccccc3)cc(-c3ccccc3)c2)nc(Cl)n1. The summed E-state index contributed by atoms with van der Waals surface area (Å²) in [4.78, 5) is 8.28. The molecule has 1 aromatic heterocycles. The van der Waals surface area contributed by atoms with Crippen LogP contribution in [0.25, 0.3) is 33.5 Å². The van der Waals surface area contributed by atoms with Crippen LogP contribution in [0.15, 0.2) is 84.9 Å². The molecule has 1 heterocycles. The number of aromatic nitrogens is 2. The van der Waals surface area contributed by atoms with E-state index in [0.29, 0.717) is 10.8 Å². The zero-order valence-corrected chi connectivity index (χ0v) is 15.2. The fourth-order valence-electron chi connectivity index (χ4n) is 2.91. The van der Waals surface area contributed by atoms with Crippen molar-refractivity contribution >= 4 is 23.2 Å². The van der Waals surface area contributed by atoms with E-state index in [4.69, 9.17) is 23.2 Å². The average Bonchev–Trinajstić information content (AvgIpc) is 2.68. The van der Waals surface area contributed by atoms with E-state index in [1.165, 1.54) is 0 Å². The van der Waals surface area contributed by atoms with Gasteiger partial charge in [0, 0.05) is 11.6 Å². The Morgan fingerprint density at radius 3 is 1.50 bits per heavy atom. The first-order valence-corrected chi connectivity index (χ1v) is 8.91. The van der Waals surface area contributed by atoms with Crippen LogP contribution in [0.4, 0.5) is 0 Å². The summed E-state index contributed by atoms with van der Waals surface area (Å²) in [5.41, 5.74) is 6.12. The number of hydrogen-bond donors (Lipinski definition) is 0. The summed E-state index contributed by atoms with van der Waals surface area (Å²) in [5, 5.41) is 0.463. The van der Waals surface area contributed by atoms with Crippen molar-refractivity contribution in [1.29, 1.82) is 0 Å². The molecule has 4 aromatic rings. The number of rotatable bonds is 3. The summed E-state index contributed by atoms with van der Waals surface area (Å²) in [5.74, 6) is 0. The number of halogens is 2. The fourth-order valence-corrected chi connectivity index (χ4v) is 3.32. The molecule has 0 saturated heterocycles. The molecule has 0 fully saturated rings. The predicted molar refractivity (Wildman–Crippen MR) is 108 cm³/mol. The largest absolute Gasteiger partial charge is 0.224 e. The Hall–Kier alpha value is -2.68. The molecule has 0 atom stereocenters. The molecule has 4 rings (SSSR count). The van der Waals surface area contributed by atoms with Gasteiger partial charge in [0.15, 0.2) is 0 Å². The van der Waals surface area contributed by atoms with E-state index in [1.807, 2.05) is 36.4 Å². The van der Waals surface area contributed by atoms with Crippen molar-refractivity contribution in [1.82, 2.24) is 9.97 Å². The third kappa shape index (κ3) is 3.62. The fraction of sp³-hybridized carbons (Fsp3) is 0. The molecule has 0 unspecified atom stereocenters. The van der Waals surface area contributed by atoms with E-state index in [2.05, 4.69) is 52.4 Å². The van der Waals surface area contributed by atoms with Crippen molar-refractivity contribution in [3.05, 3.63) is 95.4 Å². The maximum Gasteiger partial charge on any atom is 0.224 e. The van der Waals surface area contributed by atoms with Crippen LogP contribution in [-0.4, -0.2) is 9.97 Å². The molecular weight excluding hydrogens is 363 g/mol. The van der Waals surface area contributed by atoms with Crippen LogP contribution in [0.5, 0.6) is 0 Å². The Balaban J connectivity index is 1.93. The van der Waals surface area contributed by atoms with Crippen molar-refractivity contribution in [2.24, 2.45) is 0 Å². The normalized spacial score (nSPS) is 10.7. The second-order valence-corrected chi connectivity index (χ2v) is 6.60. The van der Waals surface area contributed by atoms with Crippen molar-refractivity contribution in [3.63, 3.8) is 0 Å². The van der Waals surface area contributed by atoms with Crippen LogP contribution in [0.1, 0.15) is 0 Å². The van der Waals surface area contributed by atoms with E-state index in [9.17, 15) is 0 Å². The molecule has 0 N–H and O–H groups in total. The maximum absolute atomic E-state index is 6.08. The van der Waals surface area contributed by atoms with Crippen LogP contribution in [-0.2, 0) is 0 Å². The van der Waals surface area contributed by atoms with Gasteiger partial charge in [-0.1, -0.05) is 72.3 Å². The van der Waals surface area contributed by atoms with Crippen LogP contribution >= 0.6 is 23.2 Å². The van der Waals surface area contributed by atoms with Gasteiger partial charge >= 0.3 is 0 Å². The van der Waals surface area contributed by atoms with Crippen molar-refractivity contribution in [3.8, 4) is 33.5 Å². The Labute approximate surface area is 162 Å². The summed E-state index contributed by atoms with van der Waals surface area (Å²) in [7, 11) is 0. The average molecular weight is 377 g/mol. The zero-order chi connectivity index (χ0) is 17.9. The summed E-state index contributed by atoms with van der Waals surface area (Å²) in [6.07, 6.45) is 0. The van der Waals surface area contributed by atoms with Gasteiger partial charge in [-0.25, -0.2) is 9.97 Å². The Kier molecular flexibility index (Phi) is 4.70. The number of nitrogens with zero attached hydrogens (tertiary/aromatic N) is 2. The molecule has 2 nitrogen and oxygen atoms in total. The molecule has 4 heteroatoms. The highest BCUT2D eigenvalue weighted by atomic mass is 35.5. The lowest BCUT2D eigenvalue weighted by atomic mass is 9.95. The van der Waals surface area contributed by atoms with Gasteiger partial charge in [-0.3, -0.25) is 0 Å². The van der Waals surface area contributed by atoms with E-state index in [0.717, 1.165) is 27.8 Å². The third-order valence-corrected chi connectivity index (χ3v) is 4.47. The van der Waals surface area contributed by atoms with E-state index < -0.39 is 0 Å². The summed E-state index contributed by atoms with van der Waals surface area (Å²) in [6, 6.07) is 28.6. The van der Waals surface area contributed by atoms with Crippen molar-refractivity contribution < 1.29 is 0 Å². The van der Waals surface area contributed by atoms with Gasteiger partial charge in [0.05, 0.1) is 5.69 Å². The van der Waals surface area contributed by atoms with Crippen LogP contribution in [0, 0.1) is 0 Å². The smallest absolute Gasteiger partial charge is 0.218 e. The third-order valence-electron chi connectivity index (χ3n) is 4.11. The van der Waals surface area contributed by atoms with Crippen molar-refractivity contribution in [2.45, 2.75) is 0 Å². The molecule has 0 spiro atoms. The second-order valence-electron chi connectivity index (χ2n) is 5.88. The molecule has 0 bridgehead atoms. The monoisotopic (exact) mass is 376 g/mol. The molecule has 3 aromatic carbocycles. The Bertz CT molecular complexity index is 970. The van der Waals surface area contributed by atoms with Gasteiger partial charge in [-0.05, 0) is 52.1 Å². The molecule has 0 radical (unpaired) electrons. The molecule has 0 aliphatic carbocycles. The quantitative estimate of drug-likeness (QED) is 0.290. The summed E-state index contributed by atoms with van der Waals surface area (Å²) in [6.45, 7) is 0. The van der Waals surface area contributed by atoms with Gasteiger partial charge in [0.2, 0.25) is 5.28 Å². The number of benzene rings is 3. The lowest BCUT2D eigenvalue weighted by Crippen LogP contribution is -1.91. The zero-order valence-electron chi connectivity index (χ0n) is 13.7. The maximum atomic E-state index is 6.08. The lowest BCUT2D eigenvalue weighted by molar-refractivity contribution is 1.17. The molecule has 0 aliphatic rings. The first kappa shape index (κ1) is 16.8. The van der Waals surface area contributed by atoms with E-state index in [-0.39, 0.29) is 5.28 Å². The highest BCUT2D eigenvalue weighted by molar-refractivity contribution is 6.32. The Morgan fingerprint density at radius 2 is 1.00 bits per heavy atom. The molecule has 0 saturated carbocycles. The van der Waals surface area contributed by atoms with Gasteiger partial charge in [-0.15, -0.1) is 0 Å². The highest BCUT2D eigenvalue weighted by Gasteiger charge is 2.10. The Morgan fingerprint density at radius 1 is 0.500 bits per heavy atom. The van der Waals surface area contributed by atoms with E-state index >= 15 is 0 Å².